The Bertz CT molecular complexity index is 816. The molecular weight excluding hydrogens is 316 g/mol. The molecule has 1 unspecified atom stereocenters. The molecule has 5 heteroatoms. The molecule has 0 spiro atoms. The number of benzene rings is 2. The largest absolute Gasteiger partial charge is 0.479 e. The lowest BCUT2D eigenvalue weighted by Crippen LogP contribution is -2.44. The summed E-state index contributed by atoms with van der Waals surface area (Å²) in [6.45, 7) is 6.37. The average Bonchev–Trinajstić information content (AvgIpc) is 2.59. The van der Waals surface area contributed by atoms with Crippen molar-refractivity contribution in [1.82, 2.24) is 0 Å². The van der Waals surface area contributed by atoms with E-state index in [1.165, 1.54) is 0 Å². The number of rotatable bonds is 4. The van der Waals surface area contributed by atoms with Crippen LogP contribution in [0.4, 0.5) is 11.4 Å². The van der Waals surface area contributed by atoms with Gasteiger partial charge in [-0.05, 0) is 44.5 Å². The lowest BCUT2D eigenvalue weighted by molar-refractivity contribution is -0.125. The molecule has 2 amide bonds. The van der Waals surface area contributed by atoms with Crippen molar-refractivity contribution in [3.8, 4) is 5.75 Å². The first-order valence-corrected chi connectivity index (χ1v) is 8.49. The fourth-order valence-electron chi connectivity index (χ4n) is 2.93. The maximum atomic E-state index is 12.4. The molecule has 5 nitrogen and oxygen atoms in total. The number of hydrogen-bond acceptors (Lipinski definition) is 3. The number of fused-ring (bicyclic) bond motifs is 1. The number of nitrogens with zero attached hydrogens (tertiary/aromatic N) is 1. The van der Waals surface area contributed by atoms with E-state index in [-0.39, 0.29) is 11.8 Å². The van der Waals surface area contributed by atoms with Gasteiger partial charge in [0.05, 0.1) is 5.69 Å². The van der Waals surface area contributed by atoms with Gasteiger partial charge in [-0.2, -0.15) is 0 Å². The second-order valence-electron chi connectivity index (χ2n) is 6.26. The van der Waals surface area contributed by atoms with Gasteiger partial charge in [0.15, 0.2) is 6.10 Å². The van der Waals surface area contributed by atoms with Crippen molar-refractivity contribution in [2.45, 2.75) is 33.3 Å². The zero-order valence-electron chi connectivity index (χ0n) is 14.7. The third-order valence-corrected chi connectivity index (χ3v) is 4.15. The maximum Gasteiger partial charge on any atom is 0.267 e. The summed E-state index contributed by atoms with van der Waals surface area (Å²) in [6, 6.07) is 12.8. The van der Waals surface area contributed by atoms with E-state index < -0.39 is 6.10 Å². The minimum atomic E-state index is -0.526. The molecule has 3 rings (SSSR count). The molecule has 0 aliphatic carbocycles. The molecule has 0 radical (unpaired) electrons. The van der Waals surface area contributed by atoms with Crippen LogP contribution in [0.3, 0.4) is 0 Å². The number of nitrogens with one attached hydrogen (secondary N) is 1. The van der Waals surface area contributed by atoms with E-state index in [4.69, 9.17) is 4.74 Å². The lowest BCUT2D eigenvalue weighted by atomic mass is 10.1. The van der Waals surface area contributed by atoms with Crippen molar-refractivity contribution in [1.29, 1.82) is 0 Å². The molecule has 25 heavy (non-hydrogen) atoms. The van der Waals surface area contributed by atoms with Gasteiger partial charge in [0.25, 0.3) is 11.8 Å². The fraction of sp³-hybridized carbons (Fsp3) is 0.300. The molecule has 1 aliphatic heterocycles. The van der Waals surface area contributed by atoms with Crippen molar-refractivity contribution < 1.29 is 14.3 Å². The van der Waals surface area contributed by atoms with E-state index >= 15 is 0 Å². The summed E-state index contributed by atoms with van der Waals surface area (Å²) in [5.74, 6) is 0.405. The Labute approximate surface area is 147 Å². The van der Waals surface area contributed by atoms with E-state index in [1.54, 1.807) is 30.0 Å². The van der Waals surface area contributed by atoms with Crippen LogP contribution >= 0.6 is 0 Å². The zero-order chi connectivity index (χ0) is 18.0. The van der Waals surface area contributed by atoms with Gasteiger partial charge < -0.3 is 15.0 Å². The van der Waals surface area contributed by atoms with Crippen molar-refractivity contribution in [3.05, 3.63) is 53.6 Å². The molecule has 1 aliphatic rings. The van der Waals surface area contributed by atoms with Crippen molar-refractivity contribution in [2.75, 3.05) is 16.8 Å². The van der Waals surface area contributed by atoms with Crippen LogP contribution in [0.2, 0.25) is 0 Å². The molecule has 1 atom stereocenters. The SMILES string of the molecule is CCCN1C(=O)C(C)Oc2cc(NC(=O)c3cccc(C)c3)ccc21. The highest BCUT2D eigenvalue weighted by atomic mass is 16.5. The van der Waals surface area contributed by atoms with Crippen LogP contribution in [0.15, 0.2) is 42.5 Å². The first-order chi connectivity index (χ1) is 12.0. The number of hydrogen-bond donors (Lipinski definition) is 1. The number of aryl methyl sites for hydroxylation is 1. The predicted molar refractivity (Wildman–Crippen MR) is 98.3 cm³/mol. The van der Waals surface area contributed by atoms with E-state index in [9.17, 15) is 9.59 Å². The highest BCUT2D eigenvalue weighted by Gasteiger charge is 2.31. The van der Waals surface area contributed by atoms with Crippen LogP contribution in [-0.2, 0) is 4.79 Å². The molecule has 0 saturated carbocycles. The summed E-state index contributed by atoms with van der Waals surface area (Å²) in [4.78, 5) is 26.4. The molecule has 0 aromatic heterocycles. The number of carbonyl (C=O) groups excluding carboxylic acids is 2. The second kappa shape index (κ2) is 6.97. The molecule has 0 fully saturated rings. The topological polar surface area (TPSA) is 58.6 Å². The van der Waals surface area contributed by atoms with Crippen LogP contribution < -0.4 is 15.0 Å². The molecule has 130 valence electrons. The molecule has 0 bridgehead atoms. The van der Waals surface area contributed by atoms with Crippen LogP contribution in [0, 0.1) is 6.92 Å². The molecule has 1 N–H and O–H groups in total. The Balaban J connectivity index is 1.85. The van der Waals surface area contributed by atoms with E-state index in [0.29, 0.717) is 23.5 Å². The minimum absolute atomic E-state index is 0.0362. The molecular formula is C20H22N2O3. The summed E-state index contributed by atoms with van der Waals surface area (Å²) in [5.41, 5.74) is 3.03. The van der Waals surface area contributed by atoms with Gasteiger partial charge in [-0.25, -0.2) is 0 Å². The Morgan fingerprint density at radius 2 is 2.04 bits per heavy atom. The number of ether oxygens (including phenoxy) is 1. The summed E-state index contributed by atoms with van der Waals surface area (Å²) in [5, 5.41) is 2.89. The summed E-state index contributed by atoms with van der Waals surface area (Å²) in [6.07, 6.45) is 0.339. The Hall–Kier alpha value is -2.82. The highest BCUT2D eigenvalue weighted by Crippen LogP contribution is 2.36. The summed E-state index contributed by atoms with van der Waals surface area (Å²) >= 11 is 0. The van der Waals surface area contributed by atoms with Gasteiger partial charge in [-0.1, -0.05) is 24.6 Å². The smallest absolute Gasteiger partial charge is 0.267 e. The molecule has 1 heterocycles. The van der Waals surface area contributed by atoms with Gasteiger partial charge in [0, 0.05) is 23.9 Å². The van der Waals surface area contributed by atoms with Crippen LogP contribution in [-0.4, -0.2) is 24.5 Å². The van der Waals surface area contributed by atoms with Crippen LogP contribution in [0.25, 0.3) is 0 Å². The second-order valence-corrected chi connectivity index (χ2v) is 6.26. The highest BCUT2D eigenvalue weighted by molar-refractivity contribution is 6.05. The molecule has 2 aromatic rings. The molecule has 0 saturated heterocycles. The van der Waals surface area contributed by atoms with E-state index in [2.05, 4.69) is 5.32 Å². The van der Waals surface area contributed by atoms with E-state index in [1.807, 2.05) is 38.1 Å². The van der Waals surface area contributed by atoms with Crippen molar-refractivity contribution >= 4 is 23.2 Å². The van der Waals surface area contributed by atoms with Gasteiger partial charge in [-0.15, -0.1) is 0 Å². The minimum Gasteiger partial charge on any atom is -0.479 e. The fourth-order valence-corrected chi connectivity index (χ4v) is 2.93. The van der Waals surface area contributed by atoms with Crippen LogP contribution in [0.1, 0.15) is 36.2 Å². The summed E-state index contributed by atoms with van der Waals surface area (Å²) in [7, 11) is 0. The van der Waals surface area contributed by atoms with E-state index in [0.717, 1.165) is 17.7 Å². The number of amides is 2. The van der Waals surface area contributed by atoms with Crippen LogP contribution in [0.5, 0.6) is 5.75 Å². The third kappa shape index (κ3) is 3.50. The average molecular weight is 338 g/mol. The van der Waals surface area contributed by atoms with Crippen molar-refractivity contribution in [2.24, 2.45) is 0 Å². The Morgan fingerprint density at radius 1 is 1.24 bits per heavy atom. The quantitative estimate of drug-likeness (QED) is 0.923. The van der Waals surface area contributed by atoms with Gasteiger partial charge >= 0.3 is 0 Å². The van der Waals surface area contributed by atoms with Gasteiger partial charge in [-0.3, -0.25) is 9.59 Å². The number of carbonyl (C=O) groups is 2. The first kappa shape index (κ1) is 17.0. The number of anilines is 2. The monoisotopic (exact) mass is 338 g/mol. The first-order valence-electron chi connectivity index (χ1n) is 8.49. The normalized spacial score (nSPS) is 16.2. The third-order valence-electron chi connectivity index (χ3n) is 4.15. The van der Waals surface area contributed by atoms with Gasteiger partial charge in [0.2, 0.25) is 0 Å². The van der Waals surface area contributed by atoms with Gasteiger partial charge in [0.1, 0.15) is 5.75 Å². The van der Waals surface area contributed by atoms with Crippen molar-refractivity contribution in [3.63, 3.8) is 0 Å². The maximum absolute atomic E-state index is 12.4. The predicted octanol–water partition coefficient (Wildman–Crippen LogP) is 3.77. The zero-order valence-corrected chi connectivity index (χ0v) is 14.7. The molecule has 2 aromatic carbocycles. The Morgan fingerprint density at radius 3 is 2.76 bits per heavy atom. The summed E-state index contributed by atoms with van der Waals surface area (Å²) < 4.78 is 5.73. The standard InChI is InChI=1S/C20H22N2O3/c1-4-10-22-17-9-8-16(12-18(17)25-14(3)20(22)24)21-19(23)15-7-5-6-13(2)11-15/h5-9,11-12,14H,4,10H2,1-3H3,(H,21,23). The lowest BCUT2D eigenvalue weighted by Gasteiger charge is -2.33. The Kier molecular flexibility index (Phi) is 4.74.